The highest BCUT2D eigenvalue weighted by Gasteiger charge is 2.28. The van der Waals surface area contributed by atoms with E-state index in [2.05, 4.69) is 10.3 Å². The number of hydrogen-bond acceptors (Lipinski definition) is 3. The van der Waals surface area contributed by atoms with Crippen molar-refractivity contribution in [3.63, 3.8) is 0 Å². The Kier molecular flexibility index (Phi) is 3.02. The molecule has 1 amide bonds. The summed E-state index contributed by atoms with van der Waals surface area (Å²) in [4.78, 5) is 25.5. The number of halogens is 1. The predicted molar refractivity (Wildman–Crippen MR) is 59.4 cm³/mol. The maximum absolute atomic E-state index is 11.6. The summed E-state index contributed by atoms with van der Waals surface area (Å²) in [5.74, 6) is -0.549. The van der Waals surface area contributed by atoms with Crippen LogP contribution < -0.4 is 16.7 Å². The van der Waals surface area contributed by atoms with E-state index in [4.69, 9.17) is 17.3 Å². The lowest BCUT2D eigenvalue weighted by atomic mass is 9.99. The molecule has 6 nitrogen and oxygen atoms in total. The highest BCUT2D eigenvalue weighted by molar-refractivity contribution is 6.17. The van der Waals surface area contributed by atoms with Crippen molar-refractivity contribution in [2.24, 2.45) is 5.73 Å². The fourth-order valence-electron chi connectivity index (χ4n) is 2.00. The van der Waals surface area contributed by atoms with E-state index >= 15 is 0 Å². The van der Waals surface area contributed by atoms with E-state index in [0.717, 1.165) is 5.69 Å². The molecule has 0 aromatic carbocycles. The molecule has 1 unspecified atom stereocenters. The van der Waals surface area contributed by atoms with Gasteiger partial charge >= 0.3 is 5.69 Å². The zero-order valence-corrected chi connectivity index (χ0v) is 9.38. The normalized spacial score (nSPS) is 19.4. The number of primary amides is 1. The van der Waals surface area contributed by atoms with Gasteiger partial charge in [0.15, 0.2) is 0 Å². The molecular weight excluding hydrogens is 232 g/mol. The molecule has 0 aliphatic carbocycles. The molecule has 7 heteroatoms. The van der Waals surface area contributed by atoms with E-state index in [1.165, 1.54) is 0 Å². The standard InChI is InChI=1S/C9H13ClN4O2/c10-1-2-14-6-4-12-3-5(8(11)15)7(6)13-9(14)16/h5,12H,1-4H2,(H2,11,15)(H,13,16). The maximum Gasteiger partial charge on any atom is 0.326 e. The number of rotatable bonds is 3. The number of H-pyrrole nitrogens is 1. The second-order valence-electron chi connectivity index (χ2n) is 3.72. The monoisotopic (exact) mass is 244 g/mol. The zero-order chi connectivity index (χ0) is 11.7. The largest absolute Gasteiger partial charge is 0.369 e. The van der Waals surface area contributed by atoms with Crippen molar-refractivity contribution in [3.8, 4) is 0 Å². The number of fused-ring (bicyclic) bond motifs is 1. The Bertz CT molecular complexity index is 465. The quantitative estimate of drug-likeness (QED) is 0.601. The summed E-state index contributed by atoms with van der Waals surface area (Å²) in [7, 11) is 0. The van der Waals surface area contributed by atoms with Gasteiger partial charge in [0.1, 0.15) is 0 Å². The molecule has 1 aromatic rings. The average Bonchev–Trinajstić information content (AvgIpc) is 2.56. The maximum atomic E-state index is 11.6. The molecule has 1 atom stereocenters. The van der Waals surface area contributed by atoms with Gasteiger partial charge in [-0.15, -0.1) is 11.6 Å². The third-order valence-electron chi connectivity index (χ3n) is 2.76. The van der Waals surface area contributed by atoms with E-state index in [-0.39, 0.29) is 5.69 Å². The van der Waals surface area contributed by atoms with Crippen LogP contribution in [0.4, 0.5) is 0 Å². The summed E-state index contributed by atoms with van der Waals surface area (Å²) >= 11 is 5.62. The van der Waals surface area contributed by atoms with Gasteiger partial charge in [-0.2, -0.15) is 0 Å². The molecule has 0 saturated heterocycles. The number of nitrogens with two attached hydrogens (primary N) is 1. The number of aromatic amines is 1. The van der Waals surface area contributed by atoms with Crippen LogP contribution in [-0.2, 0) is 17.9 Å². The second-order valence-corrected chi connectivity index (χ2v) is 4.09. The summed E-state index contributed by atoms with van der Waals surface area (Å²) in [5, 5.41) is 3.06. The van der Waals surface area contributed by atoms with Gasteiger partial charge in [-0.3, -0.25) is 9.36 Å². The van der Waals surface area contributed by atoms with Gasteiger partial charge in [-0.05, 0) is 0 Å². The van der Waals surface area contributed by atoms with Gasteiger partial charge < -0.3 is 16.0 Å². The Balaban J connectivity index is 2.47. The number of nitrogens with zero attached hydrogens (tertiary/aromatic N) is 1. The molecular formula is C9H13ClN4O2. The summed E-state index contributed by atoms with van der Waals surface area (Å²) in [5.41, 5.74) is 6.45. The lowest BCUT2D eigenvalue weighted by molar-refractivity contribution is -0.119. The SMILES string of the molecule is NC(=O)C1CNCc2c1[nH]c(=O)n2CCCl. The Labute approximate surface area is 96.8 Å². The van der Waals surface area contributed by atoms with E-state index in [1.807, 2.05) is 0 Å². The Morgan fingerprint density at radius 1 is 1.62 bits per heavy atom. The van der Waals surface area contributed by atoms with Gasteiger partial charge in [0.05, 0.1) is 17.3 Å². The number of amides is 1. The van der Waals surface area contributed by atoms with E-state index in [0.29, 0.717) is 31.2 Å². The van der Waals surface area contributed by atoms with E-state index in [1.54, 1.807) is 4.57 Å². The van der Waals surface area contributed by atoms with E-state index in [9.17, 15) is 9.59 Å². The minimum atomic E-state index is -0.465. The van der Waals surface area contributed by atoms with Crippen LogP contribution in [0, 0.1) is 0 Å². The first kappa shape index (κ1) is 11.2. The second kappa shape index (κ2) is 4.31. The molecule has 1 aliphatic rings. The highest BCUT2D eigenvalue weighted by atomic mass is 35.5. The molecule has 0 spiro atoms. The van der Waals surface area contributed by atoms with Crippen molar-refractivity contribution >= 4 is 17.5 Å². The molecule has 88 valence electrons. The summed E-state index contributed by atoms with van der Waals surface area (Å²) in [6.07, 6.45) is 0. The molecule has 1 aliphatic heterocycles. The number of alkyl halides is 1. The number of carbonyl (C=O) groups is 1. The van der Waals surface area contributed by atoms with Crippen molar-refractivity contribution in [2.45, 2.75) is 19.0 Å². The smallest absolute Gasteiger partial charge is 0.326 e. The van der Waals surface area contributed by atoms with Crippen LogP contribution in [0.5, 0.6) is 0 Å². The molecule has 4 N–H and O–H groups in total. The minimum absolute atomic E-state index is 0.236. The molecule has 16 heavy (non-hydrogen) atoms. The van der Waals surface area contributed by atoms with Gasteiger partial charge in [-0.1, -0.05) is 0 Å². The first-order chi connectivity index (χ1) is 7.65. The molecule has 0 fully saturated rings. The number of hydrogen-bond donors (Lipinski definition) is 3. The minimum Gasteiger partial charge on any atom is -0.369 e. The topological polar surface area (TPSA) is 92.9 Å². The van der Waals surface area contributed by atoms with Crippen LogP contribution in [0.3, 0.4) is 0 Å². The molecule has 0 radical (unpaired) electrons. The lowest BCUT2D eigenvalue weighted by Crippen LogP contribution is -2.36. The summed E-state index contributed by atoms with van der Waals surface area (Å²) < 4.78 is 1.55. The van der Waals surface area contributed by atoms with Crippen LogP contribution in [0.1, 0.15) is 17.3 Å². The number of carbonyl (C=O) groups excluding carboxylic acids is 1. The number of nitrogens with one attached hydrogen (secondary N) is 2. The first-order valence-electron chi connectivity index (χ1n) is 5.02. The van der Waals surface area contributed by atoms with Crippen molar-refractivity contribution in [3.05, 3.63) is 21.9 Å². The zero-order valence-electron chi connectivity index (χ0n) is 8.62. The van der Waals surface area contributed by atoms with Crippen LogP contribution in [0.2, 0.25) is 0 Å². The summed E-state index contributed by atoms with van der Waals surface area (Å²) in [6, 6.07) is 0. The number of aromatic nitrogens is 2. The van der Waals surface area contributed by atoms with Gasteiger partial charge in [0.25, 0.3) is 0 Å². The molecule has 0 bridgehead atoms. The third-order valence-corrected chi connectivity index (χ3v) is 2.93. The Morgan fingerprint density at radius 3 is 3.00 bits per heavy atom. The third kappa shape index (κ3) is 1.74. The van der Waals surface area contributed by atoms with E-state index < -0.39 is 11.8 Å². The van der Waals surface area contributed by atoms with Crippen molar-refractivity contribution in [2.75, 3.05) is 12.4 Å². The highest BCUT2D eigenvalue weighted by Crippen LogP contribution is 2.20. The van der Waals surface area contributed by atoms with Crippen molar-refractivity contribution in [1.82, 2.24) is 14.9 Å². The molecule has 2 heterocycles. The Hall–Kier alpha value is -1.27. The lowest BCUT2D eigenvalue weighted by Gasteiger charge is -2.21. The Morgan fingerprint density at radius 2 is 2.38 bits per heavy atom. The first-order valence-corrected chi connectivity index (χ1v) is 5.56. The fourth-order valence-corrected chi connectivity index (χ4v) is 2.17. The van der Waals surface area contributed by atoms with Crippen LogP contribution >= 0.6 is 11.6 Å². The van der Waals surface area contributed by atoms with Crippen LogP contribution in [0.15, 0.2) is 4.79 Å². The molecule has 2 rings (SSSR count). The van der Waals surface area contributed by atoms with Crippen molar-refractivity contribution in [1.29, 1.82) is 0 Å². The molecule has 0 saturated carbocycles. The van der Waals surface area contributed by atoms with Crippen LogP contribution in [0.25, 0.3) is 0 Å². The number of imidazole rings is 1. The molecule has 1 aromatic heterocycles. The van der Waals surface area contributed by atoms with Crippen molar-refractivity contribution < 1.29 is 4.79 Å². The van der Waals surface area contributed by atoms with Gasteiger partial charge in [-0.25, -0.2) is 4.79 Å². The predicted octanol–water partition coefficient (Wildman–Crippen LogP) is -0.913. The van der Waals surface area contributed by atoms with Gasteiger partial charge in [0.2, 0.25) is 5.91 Å². The summed E-state index contributed by atoms with van der Waals surface area (Å²) in [6.45, 7) is 1.44. The average molecular weight is 245 g/mol. The van der Waals surface area contributed by atoms with Gasteiger partial charge in [0, 0.05) is 25.5 Å². The fraction of sp³-hybridized carbons (Fsp3) is 0.556. The van der Waals surface area contributed by atoms with Crippen LogP contribution in [-0.4, -0.2) is 27.9 Å².